The Labute approximate surface area is 192 Å². The van der Waals surface area contributed by atoms with Crippen LogP contribution in [0.1, 0.15) is 58.8 Å². The average molecular weight is 443 g/mol. The van der Waals surface area contributed by atoms with Crippen molar-refractivity contribution in [2.24, 2.45) is 0 Å². The lowest BCUT2D eigenvalue weighted by molar-refractivity contribution is 0.102. The van der Waals surface area contributed by atoms with E-state index < -0.39 is 0 Å². The van der Waals surface area contributed by atoms with Crippen LogP contribution in [-0.2, 0) is 6.42 Å². The van der Waals surface area contributed by atoms with Crippen LogP contribution in [-0.4, -0.2) is 26.0 Å². The van der Waals surface area contributed by atoms with E-state index in [4.69, 9.17) is 4.52 Å². The van der Waals surface area contributed by atoms with Gasteiger partial charge in [-0.2, -0.15) is 4.98 Å². The number of anilines is 3. The molecule has 8 nitrogen and oxygen atoms in total. The molecular weight excluding hydrogens is 416 g/mol. The second-order valence-electron chi connectivity index (χ2n) is 8.18. The van der Waals surface area contributed by atoms with Crippen molar-refractivity contribution in [1.29, 1.82) is 0 Å². The minimum Gasteiger partial charge on any atom is -0.339 e. The fourth-order valence-electron chi connectivity index (χ4n) is 3.35. The van der Waals surface area contributed by atoms with E-state index in [0.717, 1.165) is 17.0 Å². The Morgan fingerprint density at radius 2 is 1.67 bits per heavy atom. The molecule has 0 unspecified atom stereocenters. The number of nitrogens with zero attached hydrogens (tertiary/aromatic N) is 4. The summed E-state index contributed by atoms with van der Waals surface area (Å²) in [6, 6.07) is 16.8. The molecule has 168 valence electrons. The van der Waals surface area contributed by atoms with Crippen LogP contribution >= 0.6 is 0 Å². The maximum absolute atomic E-state index is 13.0. The summed E-state index contributed by atoms with van der Waals surface area (Å²) in [7, 11) is 0. The minimum absolute atomic E-state index is 0.197. The summed E-state index contributed by atoms with van der Waals surface area (Å²) in [4.78, 5) is 26.2. The van der Waals surface area contributed by atoms with Gasteiger partial charge < -0.3 is 15.2 Å². The molecule has 1 amide bonds. The van der Waals surface area contributed by atoms with E-state index in [1.54, 1.807) is 6.07 Å². The number of rotatable bonds is 7. The van der Waals surface area contributed by atoms with Gasteiger partial charge in [-0.1, -0.05) is 43.3 Å². The van der Waals surface area contributed by atoms with Crippen LogP contribution in [0.5, 0.6) is 0 Å². The number of carbonyl (C=O) groups excluding carboxylic acids is 1. The quantitative estimate of drug-likeness (QED) is 0.406. The van der Waals surface area contributed by atoms with Gasteiger partial charge in [-0.25, -0.2) is 9.97 Å². The van der Waals surface area contributed by atoms with E-state index in [0.29, 0.717) is 41.0 Å². The van der Waals surface area contributed by atoms with Crippen molar-refractivity contribution in [3.63, 3.8) is 0 Å². The van der Waals surface area contributed by atoms with Crippen molar-refractivity contribution in [3.8, 4) is 0 Å². The summed E-state index contributed by atoms with van der Waals surface area (Å²) < 4.78 is 5.26. The molecule has 0 aliphatic carbocycles. The highest BCUT2D eigenvalue weighted by atomic mass is 16.5. The predicted molar refractivity (Wildman–Crippen MR) is 127 cm³/mol. The van der Waals surface area contributed by atoms with Gasteiger partial charge in [0.1, 0.15) is 0 Å². The van der Waals surface area contributed by atoms with E-state index >= 15 is 0 Å². The number of amides is 1. The van der Waals surface area contributed by atoms with Crippen LogP contribution < -0.4 is 10.6 Å². The van der Waals surface area contributed by atoms with Crippen molar-refractivity contribution in [2.45, 2.75) is 40.0 Å². The summed E-state index contributed by atoms with van der Waals surface area (Å²) >= 11 is 0. The third kappa shape index (κ3) is 5.60. The van der Waals surface area contributed by atoms with Crippen molar-refractivity contribution in [3.05, 3.63) is 88.8 Å². The molecule has 0 bridgehead atoms. The van der Waals surface area contributed by atoms with Crippen LogP contribution in [0.2, 0.25) is 0 Å². The van der Waals surface area contributed by atoms with E-state index in [2.05, 4.69) is 30.7 Å². The normalized spacial score (nSPS) is 10.9. The molecule has 0 atom stereocenters. The average Bonchev–Trinajstić information content (AvgIpc) is 3.24. The standard InChI is InChI=1S/C25H26N6O2/c1-15(2)24-30-22(31-33-24)14-18-9-11-19(12-10-18)28-23(32)20-7-5-6-8-21(20)29-25-26-16(3)13-17(4)27-25/h5-13,15H,14H2,1-4H3,(H,28,32)(H,26,27,29). The van der Waals surface area contributed by atoms with E-state index in [-0.39, 0.29) is 11.8 Å². The van der Waals surface area contributed by atoms with Gasteiger partial charge in [0.2, 0.25) is 11.8 Å². The number of hydrogen-bond acceptors (Lipinski definition) is 7. The van der Waals surface area contributed by atoms with Crippen LogP contribution in [0.25, 0.3) is 0 Å². The number of carbonyl (C=O) groups is 1. The monoisotopic (exact) mass is 442 g/mol. The van der Waals surface area contributed by atoms with Crippen LogP contribution in [0.3, 0.4) is 0 Å². The molecule has 33 heavy (non-hydrogen) atoms. The Bertz CT molecular complexity index is 1240. The fraction of sp³-hybridized carbons (Fsp3) is 0.240. The number of aryl methyl sites for hydroxylation is 2. The Morgan fingerprint density at radius 1 is 0.970 bits per heavy atom. The van der Waals surface area contributed by atoms with Gasteiger partial charge in [0.25, 0.3) is 5.91 Å². The first kappa shape index (κ1) is 22.1. The molecule has 2 N–H and O–H groups in total. The Morgan fingerprint density at radius 3 is 2.33 bits per heavy atom. The third-order valence-electron chi connectivity index (χ3n) is 4.95. The summed E-state index contributed by atoms with van der Waals surface area (Å²) in [6.07, 6.45) is 0.563. The highest BCUT2D eigenvalue weighted by Crippen LogP contribution is 2.21. The molecule has 0 spiro atoms. The number of hydrogen-bond donors (Lipinski definition) is 2. The lowest BCUT2D eigenvalue weighted by Gasteiger charge is -2.12. The van der Waals surface area contributed by atoms with Crippen molar-refractivity contribution < 1.29 is 9.32 Å². The van der Waals surface area contributed by atoms with Crippen molar-refractivity contribution >= 4 is 23.2 Å². The smallest absolute Gasteiger partial charge is 0.257 e. The van der Waals surface area contributed by atoms with Gasteiger partial charge in [-0.15, -0.1) is 0 Å². The van der Waals surface area contributed by atoms with E-state index in [9.17, 15) is 4.79 Å². The molecule has 0 saturated heterocycles. The van der Waals surface area contributed by atoms with Crippen molar-refractivity contribution in [2.75, 3.05) is 10.6 Å². The first-order chi connectivity index (χ1) is 15.9. The highest BCUT2D eigenvalue weighted by molar-refractivity contribution is 6.08. The molecule has 0 saturated carbocycles. The molecule has 4 aromatic rings. The summed E-state index contributed by atoms with van der Waals surface area (Å²) in [5, 5.41) is 10.1. The van der Waals surface area contributed by atoms with Crippen molar-refractivity contribution in [1.82, 2.24) is 20.1 Å². The van der Waals surface area contributed by atoms with Crippen LogP contribution in [0, 0.1) is 13.8 Å². The summed E-state index contributed by atoms with van der Waals surface area (Å²) in [6.45, 7) is 7.84. The van der Waals surface area contributed by atoms with Gasteiger partial charge in [-0.3, -0.25) is 4.79 Å². The molecule has 4 rings (SSSR count). The van der Waals surface area contributed by atoms with E-state index in [1.807, 2.05) is 76.2 Å². The molecular formula is C25H26N6O2. The molecule has 8 heteroatoms. The third-order valence-corrected chi connectivity index (χ3v) is 4.95. The topological polar surface area (TPSA) is 106 Å². The minimum atomic E-state index is -0.227. The lowest BCUT2D eigenvalue weighted by atomic mass is 10.1. The predicted octanol–water partition coefficient (Wildman–Crippen LogP) is 5.19. The number of benzene rings is 2. The Hall–Kier alpha value is -4.07. The molecule has 2 aromatic heterocycles. The first-order valence-corrected chi connectivity index (χ1v) is 10.8. The molecule has 2 heterocycles. The zero-order valence-electron chi connectivity index (χ0n) is 19.1. The van der Waals surface area contributed by atoms with Crippen LogP contribution in [0.4, 0.5) is 17.3 Å². The molecule has 2 aromatic carbocycles. The molecule has 0 fully saturated rings. The van der Waals surface area contributed by atoms with E-state index in [1.165, 1.54) is 0 Å². The second kappa shape index (κ2) is 9.60. The maximum Gasteiger partial charge on any atom is 0.257 e. The number of para-hydroxylation sites is 1. The van der Waals surface area contributed by atoms with Gasteiger partial charge in [-0.05, 0) is 49.7 Å². The molecule has 0 aliphatic heterocycles. The summed E-state index contributed by atoms with van der Waals surface area (Å²) in [5.74, 6) is 1.70. The second-order valence-corrected chi connectivity index (χ2v) is 8.18. The Kier molecular flexibility index (Phi) is 6.44. The van der Waals surface area contributed by atoms with Crippen LogP contribution in [0.15, 0.2) is 59.1 Å². The van der Waals surface area contributed by atoms with Gasteiger partial charge in [0.15, 0.2) is 5.82 Å². The number of aromatic nitrogens is 4. The van der Waals surface area contributed by atoms with Gasteiger partial charge in [0.05, 0.1) is 11.3 Å². The van der Waals surface area contributed by atoms with Gasteiger partial charge >= 0.3 is 0 Å². The lowest BCUT2D eigenvalue weighted by Crippen LogP contribution is -2.14. The highest BCUT2D eigenvalue weighted by Gasteiger charge is 2.14. The zero-order valence-corrected chi connectivity index (χ0v) is 19.1. The summed E-state index contributed by atoms with van der Waals surface area (Å²) in [5.41, 5.74) is 4.56. The fourth-order valence-corrected chi connectivity index (χ4v) is 3.35. The van der Waals surface area contributed by atoms with Gasteiger partial charge in [0, 0.05) is 29.4 Å². The molecule has 0 aliphatic rings. The maximum atomic E-state index is 13.0. The largest absolute Gasteiger partial charge is 0.339 e. The zero-order chi connectivity index (χ0) is 23.4. The Balaban J connectivity index is 1.45. The molecule has 0 radical (unpaired) electrons. The number of nitrogens with one attached hydrogen (secondary N) is 2. The SMILES string of the molecule is Cc1cc(C)nc(Nc2ccccc2C(=O)Nc2ccc(Cc3noc(C(C)C)n3)cc2)n1. The first-order valence-electron chi connectivity index (χ1n) is 10.8.